The van der Waals surface area contributed by atoms with Crippen molar-refractivity contribution < 1.29 is 9.13 Å². The van der Waals surface area contributed by atoms with E-state index in [1.54, 1.807) is 6.07 Å². The van der Waals surface area contributed by atoms with Gasteiger partial charge in [-0.05, 0) is 56.5 Å². The Balaban J connectivity index is 1.81. The van der Waals surface area contributed by atoms with E-state index in [1.807, 2.05) is 6.07 Å². The number of piperidine rings is 1. The maximum atomic E-state index is 13.5. The second-order valence-corrected chi connectivity index (χ2v) is 4.59. The average Bonchev–Trinajstić information content (AvgIpc) is 2.42. The molecule has 1 aliphatic heterocycles. The normalized spacial score (nSPS) is 16.2. The Bertz CT molecular complexity index is 436. The fourth-order valence-corrected chi connectivity index (χ4v) is 2.19. The highest BCUT2D eigenvalue weighted by atomic mass is 19.1. The molecule has 18 heavy (non-hydrogen) atoms. The van der Waals surface area contributed by atoms with Crippen LogP contribution in [0.2, 0.25) is 0 Å². The molecule has 1 N–H and O–H groups in total. The summed E-state index contributed by atoms with van der Waals surface area (Å²) in [6.45, 7) is 2.67. The van der Waals surface area contributed by atoms with E-state index in [-0.39, 0.29) is 5.75 Å². The smallest absolute Gasteiger partial charge is 0.166 e. The molecule has 0 bridgehead atoms. The van der Waals surface area contributed by atoms with Gasteiger partial charge in [0.2, 0.25) is 0 Å². The summed E-state index contributed by atoms with van der Waals surface area (Å²) in [5.41, 5.74) is 0.318. The first-order valence-electron chi connectivity index (χ1n) is 6.33. The van der Waals surface area contributed by atoms with Gasteiger partial charge in [0.25, 0.3) is 0 Å². The van der Waals surface area contributed by atoms with E-state index in [2.05, 4.69) is 5.32 Å². The molecule has 1 heterocycles. The molecule has 1 aromatic rings. The predicted molar refractivity (Wildman–Crippen MR) is 66.8 cm³/mol. The number of nitrogens with zero attached hydrogens (tertiary/aromatic N) is 1. The highest BCUT2D eigenvalue weighted by molar-refractivity contribution is 5.35. The van der Waals surface area contributed by atoms with Crippen LogP contribution in [0.3, 0.4) is 0 Å². The van der Waals surface area contributed by atoms with E-state index < -0.39 is 5.82 Å². The summed E-state index contributed by atoms with van der Waals surface area (Å²) < 4.78 is 19.0. The van der Waals surface area contributed by atoms with Gasteiger partial charge in [0, 0.05) is 0 Å². The van der Waals surface area contributed by atoms with Gasteiger partial charge in [-0.2, -0.15) is 5.26 Å². The second-order valence-electron chi connectivity index (χ2n) is 4.59. The van der Waals surface area contributed by atoms with Crippen molar-refractivity contribution in [2.24, 2.45) is 5.92 Å². The lowest BCUT2D eigenvalue weighted by molar-refractivity contribution is 0.244. The average molecular weight is 248 g/mol. The second kappa shape index (κ2) is 6.36. The zero-order chi connectivity index (χ0) is 12.8. The standard InChI is InChI=1S/C14H17FN2O/c15-13-9-12(10-16)1-2-14(13)18-8-5-11-3-6-17-7-4-11/h1-2,9,11,17H,3-8H2. The van der Waals surface area contributed by atoms with Crippen LogP contribution in [0.25, 0.3) is 0 Å². The molecule has 1 saturated heterocycles. The van der Waals surface area contributed by atoms with E-state index in [4.69, 9.17) is 10.00 Å². The van der Waals surface area contributed by atoms with Crippen LogP contribution in [0, 0.1) is 23.1 Å². The number of hydrogen-bond acceptors (Lipinski definition) is 3. The van der Waals surface area contributed by atoms with E-state index in [1.165, 1.54) is 25.0 Å². The molecule has 2 rings (SSSR count). The van der Waals surface area contributed by atoms with Gasteiger partial charge < -0.3 is 10.1 Å². The molecule has 0 atom stereocenters. The Hall–Kier alpha value is -1.60. The number of hydrogen-bond donors (Lipinski definition) is 1. The Morgan fingerprint density at radius 1 is 1.39 bits per heavy atom. The van der Waals surface area contributed by atoms with Crippen LogP contribution >= 0.6 is 0 Å². The predicted octanol–water partition coefficient (Wildman–Crippen LogP) is 2.47. The molecule has 0 spiro atoms. The molecule has 3 nitrogen and oxygen atoms in total. The molecule has 0 radical (unpaired) electrons. The molecule has 0 aliphatic carbocycles. The van der Waals surface area contributed by atoms with Gasteiger partial charge in [0.05, 0.1) is 18.2 Å². The molecule has 1 fully saturated rings. The number of halogens is 1. The first-order valence-corrected chi connectivity index (χ1v) is 6.33. The number of nitriles is 1. The third-order valence-electron chi connectivity index (χ3n) is 3.30. The van der Waals surface area contributed by atoms with Crippen molar-refractivity contribution in [3.05, 3.63) is 29.6 Å². The van der Waals surface area contributed by atoms with Crippen LogP contribution in [0.15, 0.2) is 18.2 Å². The molecular weight excluding hydrogens is 231 g/mol. The van der Waals surface area contributed by atoms with Gasteiger partial charge in [-0.25, -0.2) is 4.39 Å². The number of benzene rings is 1. The SMILES string of the molecule is N#Cc1ccc(OCCC2CCNCC2)c(F)c1. The fraction of sp³-hybridized carbons (Fsp3) is 0.500. The van der Waals surface area contributed by atoms with E-state index in [9.17, 15) is 4.39 Å². The topological polar surface area (TPSA) is 45.0 Å². The minimum absolute atomic E-state index is 0.239. The zero-order valence-electron chi connectivity index (χ0n) is 10.3. The molecule has 0 saturated carbocycles. The van der Waals surface area contributed by atoms with Crippen molar-refractivity contribution in [3.63, 3.8) is 0 Å². The van der Waals surface area contributed by atoms with Crippen LogP contribution in [-0.2, 0) is 0 Å². The van der Waals surface area contributed by atoms with Crippen molar-refractivity contribution >= 4 is 0 Å². The highest BCUT2D eigenvalue weighted by Crippen LogP contribution is 2.20. The molecule has 0 aromatic heterocycles. The summed E-state index contributed by atoms with van der Waals surface area (Å²) in [6.07, 6.45) is 3.29. The highest BCUT2D eigenvalue weighted by Gasteiger charge is 2.13. The van der Waals surface area contributed by atoms with Crippen LogP contribution in [0.1, 0.15) is 24.8 Å². The minimum atomic E-state index is -0.459. The van der Waals surface area contributed by atoms with Crippen molar-refractivity contribution in [2.75, 3.05) is 19.7 Å². The Morgan fingerprint density at radius 2 is 2.17 bits per heavy atom. The first kappa shape index (κ1) is 12.8. The summed E-state index contributed by atoms with van der Waals surface area (Å²) >= 11 is 0. The maximum Gasteiger partial charge on any atom is 0.166 e. The summed E-state index contributed by atoms with van der Waals surface area (Å²) in [6, 6.07) is 6.20. The van der Waals surface area contributed by atoms with Gasteiger partial charge in [-0.15, -0.1) is 0 Å². The Labute approximate surface area is 107 Å². The monoisotopic (exact) mass is 248 g/mol. The largest absolute Gasteiger partial charge is 0.491 e. The molecule has 0 unspecified atom stereocenters. The summed E-state index contributed by atoms with van der Waals surface area (Å²) in [7, 11) is 0. The lowest BCUT2D eigenvalue weighted by atomic mass is 9.95. The van der Waals surface area contributed by atoms with E-state index in [0.29, 0.717) is 18.1 Å². The summed E-state index contributed by atoms with van der Waals surface area (Å²) in [5, 5.41) is 11.9. The maximum absolute atomic E-state index is 13.5. The van der Waals surface area contributed by atoms with E-state index in [0.717, 1.165) is 19.5 Å². The lowest BCUT2D eigenvalue weighted by Gasteiger charge is -2.22. The van der Waals surface area contributed by atoms with Crippen molar-refractivity contribution in [3.8, 4) is 11.8 Å². The van der Waals surface area contributed by atoms with Crippen molar-refractivity contribution in [1.82, 2.24) is 5.32 Å². The Kier molecular flexibility index (Phi) is 4.54. The minimum Gasteiger partial charge on any atom is -0.491 e. The van der Waals surface area contributed by atoms with E-state index >= 15 is 0 Å². The van der Waals surface area contributed by atoms with Crippen LogP contribution < -0.4 is 10.1 Å². The quantitative estimate of drug-likeness (QED) is 0.890. The fourth-order valence-electron chi connectivity index (χ4n) is 2.19. The van der Waals surface area contributed by atoms with Crippen LogP contribution in [-0.4, -0.2) is 19.7 Å². The van der Waals surface area contributed by atoms with Crippen LogP contribution in [0.4, 0.5) is 4.39 Å². The molecular formula is C14H17FN2O. The van der Waals surface area contributed by atoms with Gasteiger partial charge in [-0.3, -0.25) is 0 Å². The van der Waals surface area contributed by atoms with Crippen molar-refractivity contribution in [1.29, 1.82) is 5.26 Å². The van der Waals surface area contributed by atoms with Crippen LogP contribution in [0.5, 0.6) is 5.75 Å². The number of rotatable bonds is 4. The van der Waals surface area contributed by atoms with Gasteiger partial charge in [-0.1, -0.05) is 0 Å². The third kappa shape index (κ3) is 3.44. The van der Waals surface area contributed by atoms with Crippen molar-refractivity contribution in [2.45, 2.75) is 19.3 Å². The molecule has 1 aliphatic rings. The summed E-state index contributed by atoms with van der Waals surface area (Å²) in [4.78, 5) is 0. The lowest BCUT2D eigenvalue weighted by Crippen LogP contribution is -2.28. The summed E-state index contributed by atoms with van der Waals surface area (Å²) in [5.74, 6) is 0.454. The number of nitrogens with one attached hydrogen (secondary N) is 1. The Morgan fingerprint density at radius 3 is 2.83 bits per heavy atom. The van der Waals surface area contributed by atoms with Gasteiger partial charge in [0.1, 0.15) is 0 Å². The number of ether oxygens (including phenoxy) is 1. The molecule has 1 aromatic carbocycles. The first-order chi connectivity index (χ1) is 8.79. The molecule has 0 amide bonds. The van der Waals surface area contributed by atoms with Gasteiger partial charge >= 0.3 is 0 Å². The molecule has 4 heteroatoms. The third-order valence-corrected chi connectivity index (χ3v) is 3.30. The van der Waals surface area contributed by atoms with Gasteiger partial charge in [0.15, 0.2) is 11.6 Å². The zero-order valence-corrected chi connectivity index (χ0v) is 10.3. The molecule has 96 valence electrons.